The van der Waals surface area contributed by atoms with Gasteiger partial charge in [-0.05, 0) is 85.2 Å². The Kier molecular flexibility index (Phi) is 18.4. The molecule has 4 bridgehead atoms. The van der Waals surface area contributed by atoms with Crippen molar-refractivity contribution in [2.75, 3.05) is 20.2 Å². The third kappa shape index (κ3) is 14.4. The summed E-state index contributed by atoms with van der Waals surface area (Å²) in [6.45, 7) is 1.29. The van der Waals surface area contributed by atoms with Crippen molar-refractivity contribution in [1.82, 2.24) is 31.5 Å². The summed E-state index contributed by atoms with van der Waals surface area (Å²) < 4.78 is 0. The second-order valence-corrected chi connectivity index (χ2v) is 16.8. The predicted molar refractivity (Wildman–Crippen MR) is 249 cm³/mol. The molecule has 0 aliphatic carbocycles. The van der Waals surface area contributed by atoms with Crippen molar-refractivity contribution < 1.29 is 54.0 Å². The van der Waals surface area contributed by atoms with Gasteiger partial charge in [0.2, 0.25) is 35.4 Å². The summed E-state index contributed by atoms with van der Waals surface area (Å²) in [5, 5.41) is 53.6. The number of aliphatic hydroxyl groups is 1. The van der Waals surface area contributed by atoms with Crippen LogP contribution in [0.2, 0.25) is 0 Å². The number of benzene rings is 4. The molecule has 0 radical (unpaired) electrons. The highest BCUT2D eigenvalue weighted by atomic mass is 16.4. The highest BCUT2D eigenvalue weighted by molar-refractivity contribution is 5.96. The van der Waals surface area contributed by atoms with Gasteiger partial charge in [0.25, 0.3) is 0 Å². The lowest BCUT2D eigenvalue weighted by Gasteiger charge is -2.30. The van der Waals surface area contributed by atoms with Crippen molar-refractivity contribution in [3.8, 4) is 33.8 Å². The number of carboxylic acids is 1. The number of phenols is 2. The number of carboxylic acid groups (broad SMARTS) is 1. The number of amides is 6. The van der Waals surface area contributed by atoms with E-state index in [1.54, 1.807) is 0 Å². The molecule has 0 saturated heterocycles. The van der Waals surface area contributed by atoms with E-state index in [4.69, 9.17) is 0 Å². The summed E-state index contributed by atoms with van der Waals surface area (Å²) in [5.41, 5.74) is 4.38. The third-order valence-corrected chi connectivity index (χ3v) is 11.7. The number of nitrogens with zero attached hydrogens (tertiary/aromatic N) is 1. The molecule has 17 heteroatoms. The number of hydrogen-bond donors (Lipinski definition) is 9. The fourth-order valence-corrected chi connectivity index (χ4v) is 7.75. The molecule has 5 rings (SSSR count). The maximum atomic E-state index is 13.9. The first-order valence-electron chi connectivity index (χ1n) is 22.4. The third-order valence-electron chi connectivity index (χ3n) is 11.7. The van der Waals surface area contributed by atoms with Crippen LogP contribution in [0.5, 0.6) is 11.5 Å². The summed E-state index contributed by atoms with van der Waals surface area (Å²) in [7, 11) is 1.27. The monoisotopic (exact) mass is 920 g/mol. The second kappa shape index (κ2) is 24.3. The zero-order chi connectivity index (χ0) is 48.6. The molecule has 0 spiro atoms. The van der Waals surface area contributed by atoms with Gasteiger partial charge < -0.3 is 51.9 Å². The fourth-order valence-electron chi connectivity index (χ4n) is 7.75. The van der Waals surface area contributed by atoms with Crippen LogP contribution in [0.4, 0.5) is 0 Å². The molecule has 4 aromatic rings. The van der Waals surface area contributed by atoms with E-state index in [0.29, 0.717) is 12.0 Å². The number of unbranched alkanes of at least 4 members (excludes halogenated alkanes) is 5. The summed E-state index contributed by atoms with van der Waals surface area (Å²) >= 11 is 0. The number of carbonyl (C=O) groups excluding carboxylic acids is 6. The molecule has 5 atom stereocenters. The van der Waals surface area contributed by atoms with E-state index in [1.165, 1.54) is 74.0 Å². The van der Waals surface area contributed by atoms with Crippen molar-refractivity contribution >= 4 is 41.4 Å². The Bertz CT molecular complexity index is 2390. The lowest BCUT2D eigenvalue weighted by atomic mass is 9.94. The maximum Gasteiger partial charge on any atom is 0.326 e. The zero-order valence-corrected chi connectivity index (χ0v) is 37.9. The van der Waals surface area contributed by atoms with Crippen LogP contribution in [0.25, 0.3) is 22.3 Å². The van der Waals surface area contributed by atoms with Crippen LogP contribution in [-0.2, 0) is 46.4 Å². The molecule has 17 nitrogen and oxygen atoms in total. The molecule has 6 amide bonds. The fraction of sp³-hybridized carbons (Fsp3) is 0.380. The number of aryl methyl sites for hydroxylation is 1. The molecule has 1 aliphatic rings. The second-order valence-electron chi connectivity index (χ2n) is 16.8. The Morgan fingerprint density at radius 3 is 2.04 bits per heavy atom. The molecule has 0 saturated carbocycles. The van der Waals surface area contributed by atoms with Gasteiger partial charge in [0.05, 0.1) is 13.2 Å². The number of aromatic hydroxyl groups is 2. The predicted octanol–water partition coefficient (Wildman–Crippen LogP) is 3.63. The van der Waals surface area contributed by atoms with Gasteiger partial charge in [0, 0.05) is 31.0 Å². The number of aliphatic carboxylic acids is 1. The minimum atomic E-state index is -1.48. The number of likely N-dealkylation sites (N-methyl/N-ethyl adjacent to an activating group) is 1. The molecule has 4 aromatic carbocycles. The van der Waals surface area contributed by atoms with E-state index >= 15 is 0 Å². The summed E-state index contributed by atoms with van der Waals surface area (Å²) in [4.78, 5) is 92.4. The first kappa shape index (κ1) is 50.7. The van der Waals surface area contributed by atoms with E-state index in [-0.39, 0.29) is 41.0 Å². The van der Waals surface area contributed by atoms with Crippen molar-refractivity contribution in [2.45, 2.75) is 102 Å². The highest BCUT2D eigenvalue weighted by Gasteiger charge is 2.34. The number of hydrogen-bond acceptors (Lipinski definition) is 10. The van der Waals surface area contributed by atoms with Crippen LogP contribution in [-0.4, -0.2) is 111 Å². The Balaban J connectivity index is 1.09. The smallest absolute Gasteiger partial charge is 0.326 e. The Morgan fingerprint density at radius 1 is 0.746 bits per heavy atom. The molecule has 1 aliphatic heterocycles. The van der Waals surface area contributed by atoms with Gasteiger partial charge in [-0.1, -0.05) is 92.4 Å². The number of carbonyl (C=O) groups is 7. The zero-order valence-electron chi connectivity index (χ0n) is 37.9. The van der Waals surface area contributed by atoms with Crippen molar-refractivity contribution in [2.24, 2.45) is 0 Å². The molecule has 1 heterocycles. The average Bonchev–Trinajstić information content (AvgIpc) is 3.31. The van der Waals surface area contributed by atoms with Gasteiger partial charge in [-0.25, -0.2) is 4.79 Å². The number of aliphatic hydroxyl groups excluding tert-OH is 1. The molecule has 67 heavy (non-hydrogen) atoms. The lowest BCUT2D eigenvalue weighted by Crippen LogP contribution is -2.55. The van der Waals surface area contributed by atoms with Gasteiger partial charge >= 0.3 is 5.97 Å². The highest BCUT2D eigenvalue weighted by Crippen LogP contribution is 2.38. The van der Waals surface area contributed by atoms with Crippen LogP contribution in [0.1, 0.15) is 81.5 Å². The Morgan fingerprint density at radius 2 is 1.37 bits per heavy atom. The van der Waals surface area contributed by atoms with Crippen molar-refractivity contribution in [3.05, 3.63) is 108 Å². The Hall–Kier alpha value is -7.27. The topological polar surface area (TPSA) is 264 Å². The van der Waals surface area contributed by atoms with Crippen LogP contribution < -0.4 is 26.6 Å². The van der Waals surface area contributed by atoms with Gasteiger partial charge in [-0.15, -0.1) is 0 Å². The molecule has 0 unspecified atom stereocenters. The number of rotatable bonds is 19. The summed E-state index contributed by atoms with van der Waals surface area (Å²) in [6, 6.07) is 20.4. The maximum absolute atomic E-state index is 13.9. The average molecular weight is 921 g/mol. The van der Waals surface area contributed by atoms with E-state index in [2.05, 4.69) is 63.0 Å². The van der Waals surface area contributed by atoms with Gasteiger partial charge in [0.1, 0.15) is 41.7 Å². The van der Waals surface area contributed by atoms with Gasteiger partial charge in [0.15, 0.2) is 0 Å². The molecule has 0 aromatic heterocycles. The largest absolute Gasteiger partial charge is 0.507 e. The summed E-state index contributed by atoms with van der Waals surface area (Å²) in [5.74, 6) is -6.45. The van der Waals surface area contributed by atoms with E-state index in [9.17, 15) is 54.0 Å². The SMILES string of the molecule is C[C@@H]1NC(=O)[C@@H](N(C)C(=O)CNC(=O)[C@@H](C)NC(=O)[C@@H](CO)NC(=O)CCCCCCCCc2ccc(-c3ccccc3)cc2)c2ccc(O)c(c2)-c2cc(ccc2O)C[C@@H](C(=O)O)NC1=O. The summed E-state index contributed by atoms with van der Waals surface area (Å²) in [6.07, 6.45) is 6.50. The number of fused-ring (bicyclic) bond motifs is 5. The normalized spacial score (nSPS) is 16.8. The first-order valence-corrected chi connectivity index (χ1v) is 22.4. The molecular weight excluding hydrogens is 861 g/mol. The van der Waals surface area contributed by atoms with Gasteiger partial charge in [-0.3, -0.25) is 28.8 Å². The first-order chi connectivity index (χ1) is 32.1. The number of nitrogens with one attached hydrogen (secondary N) is 5. The molecular formula is C50H60N6O11. The standard InChI is InChI=1S/C50H60N6O11/c1-30(52-48(64)40(29-57)54-43(60)16-12-7-5-4-6-9-13-32-17-20-35(21-18-32)34-14-10-8-11-15-34)46(62)51-28-44(61)56(3)45-36-22-24-42(59)38(27-36)37-25-33(19-23-41(37)58)26-39(50(66)67)55-47(63)31(2)53-49(45)65/h8,10-11,14-15,17-25,27,30-31,39-40,45,57-59H,4-7,9,12-13,16,26,28-29H2,1-3H3,(H,51,62)(H,52,64)(H,53,65)(H,54,60)(H,55,63)(H,66,67)/t30-,31+,39+,40-,45+/m1/s1. The molecule has 0 fully saturated rings. The van der Waals surface area contributed by atoms with Crippen molar-refractivity contribution in [1.29, 1.82) is 0 Å². The van der Waals surface area contributed by atoms with Crippen LogP contribution in [0.3, 0.4) is 0 Å². The van der Waals surface area contributed by atoms with Crippen LogP contribution in [0, 0.1) is 0 Å². The number of phenolic OH excluding ortho intramolecular Hbond substituents is 2. The van der Waals surface area contributed by atoms with Crippen LogP contribution >= 0.6 is 0 Å². The molecule has 9 N–H and O–H groups in total. The lowest BCUT2D eigenvalue weighted by molar-refractivity contribution is -0.143. The van der Waals surface area contributed by atoms with E-state index < -0.39 is 84.8 Å². The Labute approximate surface area is 389 Å². The molecule has 356 valence electrons. The van der Waals surface area contributed by atoms with E-state index in [0.717, 1.165) is 43.4 Å². The van der Waals surface area contributed by atoms with Crippen molar-refractivity contribution in [3.63, 3.8) is 0 Å². The van der Waals surface area contributed by atoms with Crippen LogP contribution in [0.15, 0.2) is 91.0 Å². The minimum absolute atomic E-state index is 0.0611. The van der Waals surface area contributed by atoms with E-state index in [1.807, 2.05) is 18.2 Å². The minimum Gasteiger partial charge on any atom is -0.507 e. The van der Waals surface area contributed by atoms with Gasteiger partial charge in [-0.2, -0.15) is 0 Å². The quantitative estimate of drug-likeness (QED) is 0.0614.